The molecule has 0 fully saturated rings. The highest BCUT2D eigenvalue weighted by molar-refractivity contribution is 6.30. The average molecular weight is 396 g/mol. The average Bonchev–Trinajstić information content (AvgIpc) is 3.14. The number of carboxylic acids is 1. The second-order valence-corrected chi connectivity index (χ2v) is 7.02. The molecule has 1 amide bonds. The van der Waals surface area contributed by atoms with Crippen molar-refractivity contribution >= 4 is 34.9 Å². The zero-order valence-electron chi connectivity index (χ0n) is 15.1. The van der Waals surface area contributed by atoms with E-state index >= 15 is 0 Å². The van der Waals surface area contributed by atoms with Gasteiger partial charge in [-0.25, -0.2) is 0 Å². The first-order chi connectivity index (χ1) is 13.5. The lowest BCUT2D eigenvalue weighted by Gasteiger charge is -2.30. The number of nitrogens with zero attached hydrogens (tertiary/aromatic N) is 3. The fourth-order valence-electron chi connectivity index (χ4n) is 3.62. The van der Waals surface area contributed by atoms with E-state index in [1.54, 1.807) is 29.2 Å². The molecule has 28 heavy (non-hydrogen) atoms. The maximum Gasteiger partial charge on any atom is 0.305 e. The Kier molecular flexibility index (Phi) is 4.57. The number of fused-ring (bicyclic) bond motifs is 2. The summed E-state index contributed by atoms with van der Waals surface area (Å²) in [5.41, 5.74) is 2.62. The quantitative estimate of drug-likeness (QED) is 0.721. The number of benzene rings is 2. The fourth-order valence-corrected chi connectivity index (χ4v) is 3.75. The highest BCUT2D eigenvalue weighted by Gasteiger charge is 2.36. The Labute approximate surface area is 167 Å². The van der Waals surface area contributed by atoms with Gasteiger partial charge in [0.2, 0.25) is 0 Å². The Morgan fingerprint density at radius 3 is 2.36 bits per heavy atom. The van der Waals surface area contributed by atoms with Crippen LogP contribution in [0.1, 0.15) is 28.5 Å². The minimum absolute atomic E-state index is 0.217. The third kappa shape index (κ3) is 3.01. The molecule has 1 atom stereocenters. The number of aliphatic carboxylic acids is 1. The van der Waals surface area contributed by atoms with E-state index in [0.717, 1.165) is 11.4 Å². The van der Waals surface area contributed by atoms with Gasteiger partial charge in [0.15, 0.2) is 0 Å². The summed E-state index contributed by atoms with van der Waals surface area (Å²) >= 11 is 5.97. The van der Waals surface area contributed by atoms with E-state index in [1.807, 2.05) is 59.3 Å². The van der Waals surface area contributed by atoms with Crippen molar-refractivity contribution in [1.29, 1.82) is 0 Å². The number of hydrogen-bond acceptors (Lipinski definition) is 3. The molecular formula is C21H18ClN3O3. The van der Waals surface area contributed by atoms with Crippen LogP contribution in [-0.4, -0.2) is 28.7 Å². The van der Waals surface area contributed by atoms with Gasteiger partial charge in [-0.3, -0.25) is 24.2 Å². The van der Waals surface area contributed by atoms with Gasteiger partial charge in [0, 0.05) is 23.8 Å². The molecule has 0 bridgehead atoms. The van der Waals surface area contributed by atoms with Crippen LogP contribution in [-0.2, 0) is 4.79 Å². The molecule has 6 nitrogen and oxygen atoms in total. The van der Waals surface area contributed by atoms with Crippen molar-refractivity contribution < 1.29 is 14.7 Å². The molecule has 1 unspecified atom stereocenters. The maximum absolute atomic E-state index is 13.5. The van der Waals surface area contributed by atoms with Gasteiger partial charge in [0.05, 0.1) is 29.5 Å². The third-order valence-corrected chi connectivity index (χ3v) is 5.15. The molecule has 2 aromatic carbocycles. The minimum Gasteiger partial charge on any atom is -0.481 e. The van der Waals surface area contributed by atoms with Crippen molar-refractivity contribution in [2.24, 2.45) is 0 Å². The van der Waals surface area contributed by atoms with E-state index in [2.05, 4.69) is 0 Å². The number of carbonyl (C=O) groups is 2. The molecule has 1 N–H and O–H groups in total. The molecule has 142 valence electrons. The zero-order valence-corrected chi connectivity index (χ0v) is 15.9. The summed E-state index contributed by atoms with van der Waals surface area (Å²) in [6, 6.07) is 17.1. The molecule has 0 radical (unpaired) electrons. The van der Waals surface area contributed by atoms with Gasteiger partial charge >= 0.3 is 5.97 Å². The number of carbonyl (C=O) groups excluding carboxylic acids is 1. The van der Waals surface area contributed by atoms with E-state index in [9.17, 15) is 14.7 Å². The third-order valence-electron chi connectivity index (χ3n) is 4.90. The zero-order chi connectivity index (χ0) is 19.8. The van der Waals surface area contributed by atoms with Gasteiger partial charge in [0.25, 0.3) is 5.91 Å². The molecule has 0 saturated carbocycles. The van der Waals surface area contributed by atoms with Crippen LogP contribution in [0.15, 0.2) is 66.9 Å². The van der Waals surface area contributed by atoms with Crippen molar-refractivity contribution in [3.8, 4) is 0 Å². The summed E-state index contributed by atoms with van der Waals surface area (Å²) in [5, 5.41) is 12.0. The molecule has 1 aliphatic rings. The molecule has 0 saturated heterocycles. The predicted octanol–water partition coefficient (Wildman–Crippen LogP) is 4.22. The summed E-state index contributed by atoms with van der Waals surface area (Å²) in [6.07, 6.45) is 1.64. The smallest absolute Gasteiger partial charge is 0.305 e. The van der Waals surface area contributed by atoms with Crippen LogP contribution >= 0.6 is 11.6 Å². The van der Waals surface area contributed by atoms with Crippen LogP contribution in [0, 0.1) is 0 Å². The summed E-state index contributed by atoms with van der Waals surface area (Å²) in [6.45, 7) is 0. The van der Waals surface area contributed by atoms with Crippen LogP contribution in [0.5, 0.6) is 0 Å². The second kappa shape index (κ2) is 7.05. The monoisotopic (exact) mass is 395 g/mol. The Hall–Kier alpha value is -3.25. The molecule has 3 aromatic rings. The van der Waals surface area contributed by atoms with Crippen molar-refractivity contribution in [3.63, 3.8) is 0 Å². The molecule has 0 spiro atoms. The number of carboxylic acid groups (broad SMARTS) is 1. The summed E-state index contributed by atoms with van der Waals surface area (Å²) in [4.78, 5) is 26.8. The Balaban J connectivity index is 1.93. The maximum atomic E-state index is 13.5. The molecule has 7 heteroatoms. The molecule has 1 aromatic heterocycles. The van der Waals surface area contributed by atoms with Crippen molar-refractivity contribution in [1.82, 2.24) is 4.68 Å². The number of anilines is 2. The van der Waals surface area contributed by atoms with Crippen LogP contribution in [0.2, 0.25) is 5.02 Å². The van der Waals surface area contributed by atoms with Crippen molar-refractivity contribution in [2.45, 2.75) is 12.5 Å². The standard InChI is InChI=1S/C21H18ClN3O3/c1-23-16-5-2-3-6-18(16)25(21(28)14-8-10-15(22)11-9-14)19(13-20(26)27)17-7-4-12-24(17)23/h2-12,19H,13H2,1H3,(H,26,27). The van der Waals surface area contributed by atoms with Crippen LogP contribution in [0.25, 0.3) is 0 Å². The Morgan fingerprint density at radius 2 is 1.68 bits per heavy atom. The highest BCUT2D eigenvalue weighted by Crippen LogP contribution is 2.41. The first-order valence-corrected chi connectivity index (χ1v) is 9.16. The SMILES string of the molecule is CN1c2ccccc2N(C(=O)c2ccc(Cl)cc2)C(CC(=O)O)c2cccn21. The Bertz CT molecular complexity index is 1050. The van der Waals surface area contributed by atoms with Gasteiger partial charge in [-0.2, -0.15) is 0 Å². The van der Waals surface area contributed by atoms with Gasteiger partial charge < -0.3 is 5.11 Å². The van der Waals surface area contributed by atoms with E-state index in [1.165, 1.54) is 0 Å². The summed E-state index contributed by atoms with van der Waals surface area (Å²) < 4.78 is 1.88. The van der Waals surface area contributed by atoms with Crippen LogP contribution in [0.4, 0.5) is 11.4 Å². The van der Waals surface area contributed by atoms with Crippen molar-refractivity contribution in [2.75, 3.05) is 17.0 Å². The molecular weight excluding hydrogens is 378 g/mol. The lowest BCUT2D eigenvalue weighted by Crippen LogP contribution is -2.36. The van der Waals surface area contributed by atoms with E-state index in [4.69, 9.17) is 11.6 Å². The molecule has 0 aliphatic carbocycles. The van der Waals surface area contributed by atoms with Gasteiger partial charge in [-0.05, 0) is 48.5 Å². The molecule has 4 rings (SSSR count). The van der Waals surface area contributed by atoms with Gasteiger partial charge in [0.1, 0.15) is 0 Å². The summed E-state index contributed by atoms with van der Waals surface area (Å²) in [5.74, 6) is -1.26. The van der Waals surface area contributed by atoms with E-state index in [-0.39, 0.29) is 12.3 Å². The van der Waals surface area contributed by atoms with Gasteiger partial charge in [-0.1, -0.05) is 23.7 Å². The normalized spacial score (nSPS) is 15.6. The second-order valence-electron chi connectivity index (χ2n) is 6.59. The van der Waals surface area contributed by atoms with Crippen molar-refractivity contribution in [3.05, 3.63) is 83.1 Å². The number of halogens is 1. The molecule has 2 heterocycles. The first-order valence-electron chi connectivity index (χ1n) is 8.78. The Morgan fingerprint density at radius 1 is 1.00 bits per heavy atom. The number of rotatable bonds is 3. The van der Waals surface area contributed by atoms with E-state index < -0.39 is 12.0 Å². The lowest BCUT2D eigenvalue weighted by molar-refractivity contribution is -0.137. The number of aromatic nitrogens is 1. The number of amides is 1. The minimum atomic E-state index is -0.978. The first kappa shape index (κ1) is 18.1. The van der Waals surface area contributed by atoms with E-state index in [0.29, 0.717) is 16.3 Å². The predicted molar refractivity (Wildman–Crippen MR) is 108 cm³/mol. The lowest BCUT2D eigenvalue weighted by atomic mass is 10.0. The number of hydrogen-bond donors (Lipinski definition) is 1. The van der Waals surface area contributed by atoms with Crippen LogP contribution < -0.4 is 9.91 Å². The fraction of sp³-hybridized carbons (Fsp3) is 0.143. The van der Waals surface area contributed by atoms with Crippen LogP contribution in [0.3, 0.4) is 0 Å². The largest absolute Gasteiger partial charge is 0.481 e. The highest BCUT2D eigenvalue weighted by atomic mass is 35.5. The number of para-hydroxylation sites is 2. The topological polar surface area (TPSA) is 65.8 Å². The molecule has 1 aliphatic heterocycles. The van der Waals surface area contributed by atoms with Gasteiger partial charge in [-0.15, -0.1) is 0 Å². The summed E-state index contributed by atoms with van der Waals surface area (Å²) in [7, 11) is 1.89.